The average molecular weight is 1330 g/mol. The summed E-state index contributed by atoms with van der Waals surface area (Å²) in [5.74, 6) is 0. The predicted molar refractivity (Wildman–Crippen MR) is 351 cm³/mol. The van der Waals surface area contributed by atoms with Gasteiger partial charge in [0.15, 0.2) is 0 Å². The summed E-state index contributed by atoms with van der Waals surface area (Å²) in [5.41, 5.74) is 7.33. The van der Waals surface area contributed by atoms with Gasteiger partial charge in [-0.3, -0.25) is 0 Å². The second-order valence-electron chi connectivity index (χ2n) is 20.2. The van der Waals surface area contributed by atoms with E-state index in [9.17, 15) is 0 Å². The van der Waals surface area contributed by atoms with Gasteiger partial charge in [0.25, 0.3) is 0 Å². The van der Waals surface area contributed by atoms with Crippen molar-refractivity contribution in [2.24, 2.45) is 0 Å². The highest BCUT2D eigenvalue weighted by molar-refractivity contribution is 5.81. The van der Waals surface area contributed by atoms with E-state index in [1.165, 1.54) is 33.4 Å². The van der Waals surface area contributed by atoms with E-state index in [0.717, 1.165) is 12.8 Å². The molecule has 0 fully saturated rings. The Morgan fingerprint density at radius 1 is 0.239 bits per heavy atom. The standard InChI is InChI=1S/C65H114O24.C2H6.CH4/c1-59-6-8-61-62-9-7-60(2)57-64(62)65(63(61)56-59,58-89-55-54-88-53-52-87-51-50-86-49-48-85-47-46-84-45-43-82-39-37-79-33-31-76-27-25-73-21-19-70-15-13-67-4)10-5-11-68-16-17-71-22-23-74-28-29-77-34-35-80-40-41-83-44-42-81-38-36-78-32-30-75-26-24-72-20-18-69-14-12-66-3;1-2;/h6-9,56-57H,5,10-55,58H2,1-4H3;1-2H3;1H4. The second kappa shape index (κ2) is 68.4. The monoisotopic (exact) mass is 1320 g/mol. The number of benzene rings is 2. The van der Waals surface area contributed by atoms with Crippen LogP contribution in [0.15, 0.2) is 36.4 Å². The molecule has 92 heavy (non-hydrogen) atoms. The van der Waals surface area contributed by atoms with Crippen molar-refractivity contribution in [2.75, 3.05) is 318 Å². The smallest absolute Gasteiger partial charge is 0.0701 e. The van der Waals surface area contributed by atoms with Crippen LogP contribution in [0.5, 0.6) is 0 Å². The topological polar surface area (TPSA) is 222 Å². The van der Waals surface area contributed by atoms with Crippen molar-refractivity contribution in [1.29, 1.82) is 0 Å². The summed E-state index contributed by atoms with van der Waals surface area (Å²) in [7, 11) is 3.29. The molecule has 0 N–H and O–H groups in total. The Labute approximate surface area is 553 Å². The summed E-state index contributed by atoms with van der Waals surface area (Å²) in [6, 6.07) is 13.6. The first kappa shape index (κ1) is 87.5. The van der Waals surface area contributed by atoms with Gasteiger partial charge in [0.05, 0.1) is 297 Å². The number of hydrogen-bond acceptors (Lipinski definition) is 24. The zero-order valence-corrected chi connectivity index (χ0v) is 56.7. The lowest BCUT2D eigenvalue weighted by molar-refractivity contribution is -0.0286. The van der Waals surface area contributed by atoms with Crippen LogP contribution in [-0.2, 0) is 119 Å². The molecule has 0 bridgehead atoms. The third-order valence-corrected chi connectivity index (χ3v) is 13.2. The van der Waals surface area contributed by atoms with E-state index < -0.39 is 0 Å². The van der Waals surface area contributed by atoms with Crippen LogP contribution in [0.4, 0.5) is 0 Å². The fourth-order valence-electron chi connectivity index (χ4n) is 8.73. The molecule has 3 rings (SSSR count). The molecule has 0 spiro atoms. The fraction of sp³-hybridized carbons (Fsp3) is 0.824. The zero-order chi connectivity index (χ0) is 65.1. The normalized spacial score (nSPS) is 12.3. The molecule has 24 nitrogen and oxygen atoms in total. The van der Waals surface area contributed by atoms with E-state index in [1.807, 2.05) is 13.8 Å². The van der Waals surface area contributed by atoms with Crippen molar-refractivity contribution >= 4 is 0 Å². The number of fused-ring (bicyclic) bond motifs is 3. The molecule has 0 radical (unpaired) electrons. The number of rotatable bonds is 72. The molecule has 0 saturated carbocycles. The minimum absolute atomic E-state index is 0. The molecule has 0 aliphatic heterocycles. The van der Waals surface area contributed by atoms with Crippen LogP contribution in [0.25, 0.3) is 11.1 Å². The summed E-state index contributed by atoms with van der Waals surface area (Å²) in [4.78, 5) is 0. The van der Waals surface area contributed by atoms with Crippen molar-refractivity contribution in [1.82, 2.24) is 0 Å². The number of methoxy groups -OCH3 is 2. The first-order valence-electron chi connectivity index (χ1n) is 33.0. The summed E-state index contributed by atoms with van der Waals surface area (Å²) in [6.07, 6.45) is 1.74. The van der Waals surface area contributed by atoms with Gasteiger partial charge in [-0.25, -0.2) is 0 Å². The van der Waals surface area contributed by atoms with E-state index in [1.54, 1.807) is 14.2 Å². The van der Waals surface area contributed by atoms with Crippen molar-refractivity contribution in [3.63, 3.8) is 0 Å². The largest absolute Gasteiger partial charge is 0.382 e. The van der Waals surface area contributed by atoms with Gasteiger partial charge < -0.3 is 114 Å². The number of ether oxygens (including phenoxy) is 24. The van der Waals surface area contributed by atoms with E-state index in [0.29, 0.717) is 304 Å². The summed E-state index contributed by atoms with van der Waals surface area (Å²) >= 11 is 0. The first-order valence-corrected chi connectivity index (χ1v) is 33.0. The molecule has 2 aromatic rings. The van der Waals surface area contributed by atoms with Crippen LogP contribution in [0.2, 0.25) is 0 Å². The van der Waals surface area contributed by atoms with Gasteiger partial charge in [-0.2, -0.15) is 0 Å². The first-order chi connectivity index (χ1) is 45.1. The van der Waals surface area contributed by atoms with Crippen LogP contribution in [0, 0.1) is 13.8 Å². The lowest BCUT2D eigenvalue weighted by Gasteiger charge is -2.32. The second-order valence-corrected chi connectivity index (χ2v) is 20.2. The van der Waals surface area contributed by atoms with Gasteiger partial charge in [-0.05, 0) is 48.9 Å². The van der Waals surface area contributed by atoms with Crippen LogP contribution in [0.3, 0.4) is 0 Å². The maximum atomic E-state index is 6.48. The SMILES string of the molecule is C.CC.COCCOCCOCCOCCOCCOCCOCCOCCOCCOCCOCCOCCCC1(COCCOCCOCCOCCOCCOCCOCCOCCOCCOCCOCCOC)c2cc(C)ccc2-c2ccc(C)cc21. The van der Waals surface area contributed by atoms with Crippen LogP contribution in [-0.4, -0.2) is 318 Å². The number of hydrogen-bond donors (Lipinski definition) is 0. The van der Waals surface area contributed by atoms with Gasteiger partial charge in [-0.1, -0.05) is 68.8 Å². The maximum Gasteiger partial charge on any atom is 0.0701 e. The minimum atomic E-state index is -0.305. The van der Waals surface area contributed by atoms with Gasteiger partial charge in [0.1, 0.15) is 0 Å². The Hall–Kier alpha value is -2.52. The van der Waals surface area contributed by atoms with Crippen molar-refractivity contribution in [2.45, 2.75) is 53.4 Å². The molecular weight excluding hydrogens is 1200 g/mol. The van der Waals surface area contributed by atoms with Gasteiger partial charge >= 0.3 is 0 Å². The lowest BCUT2D eigenvalue weighted by Crippen LogP contribution is -2.33. The zero-order valence-electron chi connectivity index (χ0n) is 56.7. The molecule has 1 aliphatic rings. The van der Waals surface area contributed by atoms with Crippen molar-refractivity contribution in [3.05, 3.63) is 58.7 Å². The molecule has 2 aromatic carbocycles. The molecular formula is C68H124O24. The highest BCUT2D eigenvalue weighted by atomic mass is 16.6. The molecule has 0 atom stereocenters. The van der Waals surface area contributed by atoms with Crippen LogP contribution >= 0.6 is 0 Å². The lowest BCUT2D eigenvalue weighted by atomic mass is 9.74. The molecule has 0 aromatic heterocycles. The predicted octanol–water partition coefficient (Wildman–Crippen LogP) is 6.67. The third kappa shape index (κ3) is 49.1. The molecule has 24 heteroatoms. The Bertz CT molecular complexity index is 1770. The third-order valence-electron chi connectivity index (χ3n) is 13.2. The maximum absolute atomic E-state index is 6.48. The Balaban J connectivity index is 0.0000140. The minimum Gasteiger partial charge on any atom is -0.382 e. The van der Waals surface area contributed by atoms with Gasteiger partial charge in [0, 0.05) is 26.2 Å². The molecule has 0 heterocycles. The quantitative estimate of drug-likeness (QED) is 0.0631. The van der Waals surface area contributed by atoms with E-state index >= 15 is 0 Å². The Morgan fingerprint density at radius 2 is 0.413 bits per heavy atom. The van der Waals surface area contributed by atoms with Crippen molar-refractivity contribution in [3.8, 4) is 11.1 Å². The average Bonchev–Trinajstić information content (AvgIpc) is 1.57. The molecule has 540 valence electrons. The highest BCUT2D eigenvalue weighted by Crippen LogP contribution is 2.52. The molecule has 0 amide bonds. The Kier molecular flexibility index (Phi) is 65.1. The van der Waals surface area contributed by atoms with Crippen LogP contribution < -0.4 is 0 Å². The number of aryl methyl sites for hydroxylation is 2. The molecule has 0 saturated heterocycles. The summed E-state index contributed by atoms with van der Waals surface area (Å²) in [6.45, 7) is 31.8. The Morgan fingerprint density at radius 3 is 0.609 bits per heavy atom. The molecule has 0 unspecified atom stereocenters. The van der Waals surface area contributed by atoms with Gasteiger partial charge in [-0.15, -0.1) is 0 Å². The summed E-state index contributed by atoms with van der Waals surface area (Å²) < 4.78 is 134. The van der Waals surface area contributed by atoms with Gasteiger partial charge in [0.2, 0.25) is 0 Å². The van der Waals surface area contributed by atoms with E-state index in [4.69, 9.17) is 114 Å². The van der Waals surface area contributed by atoms with Crippen molar-refractivity contribution < 1.29 is 114 Å². The fourth-order valence-corrected chi connectivity index (χ4v) is 8.73. The highest BCUT2D eigenvalue weighted by Gasteiger charge is 2.43. The van der Waals surface area contributed by atoms with E-state index in [2.05, 4.69) is 50.2 Å². The summed E-state index contributed by atoms with van der Waals surface area (Å²) in [5, 5.41) is 0. The molecule has 1 aliphatic carbocycles. The van der Waals surface area contributed by atoms with E-state index in [-0.39, 0.29) is 12.8 Å². The van der Waals surface area contributed by atoms with Crippen LogP contribution in [0.1, 0.15) is 56.4 Å².